The molecule has 0 bridgehead atoms. The van der Waals surface area contributed by atoms with E-state index in [-0.39, 0.29) is 27.2 Å². The molecule has 0 saturated carbocycles. The molecular weight excluding hydrogens is 338 g/mol. The quantitative estimate of drug-likeness (QED) is 0.833. The molecule has 0 amide bonds. The van der Waals surface area contributed by atoms with E-state index in [4.69, 9.17) is 28.9 Å². The van der Waals surface area contributed by atoms with Gasteiger partial charge in [-0.25, -0.2) is 17.5 Å². The van der Waals surface area contributed by atoms with E-state index >= 15 is 0 Å². The molecule has 8 heteroatoms. The van der Waals surface area contributed by atoms with Crippen LogP contribution >= 0.6 is 23.2 Å². The number of benzene rings is 2. The summed E-state index contributed by atoms with van der Waals surface area (Å²) in [4.78, 5) is -0.245. The maximum Gasteiger partial charge on any atom is 0.244 e. The van der Waals surface area contributed by atoms with Gasteiger partial charge in [0, 0.05) is 11.6 Å². The molecule has 0 spiro atoms. The van der Waals surface area contributed by atoms with Crippen LogP contribution in [-0.2, 0) is 16.6 Å². The zero-order valence-electron chi connectivity index (χ0n) is 10.6. The first-order valence-corrected chi connectivity index (χ1v) is 8.02. The summed E-state index contributed by atoms with van der Waals surface area (Å²) < 4.78 is 39.8. The number of hydrogen-bond donors (Lipinski definition) is 2. The largest absolute Gasteiger partial charge is 0.398 e. The Morgan fingerprint density at radius 3 is 2.52 bits per heavy atom. The van der Waals surface area contributed by atoms with Crippen LogP contribution in [0.1, 0.15) is 5.56 Å². The van der Waals surface area contributed by atoms with Crippen LogP contribution in [0.15, 0.2) is 41.3 Å². The van der Waals surface area contributed by atoms with Gasteiger partial charge in [0.05, 0.1) is 10.7 Å². The molecule has 2 aromatic carbocycles. The fraction of sp³-hybridized carbons (Fsp3) is 0.0769. The summed E-state index contributed by atoms with van der Waals surface area (Å²) in [6.07, 6.45) is 0. The summed E-state index contributed by atoms with van der Waals surface area (Å²) in [6, 6.07) is 8.17. The van der Waals surface area contributed by atoms with Crippen molar-refractivity contribution in [3.63, 3.8) is 0 Å². The molecule has 0 atom stereocenters. The third-order valence-corrected chi connectivity index (χ3v) is 4.81. The van der Waals surface area contributed by atoms with E-state index in [1.165, 1.54) is 30.3 Å². The topological polar surface area (TPSA) is 72.2 Å². The lowest BCUT2D eigenvalue weighted by atomic mass is 10.2. The molecule has 0 radical (unpaired) electrons. The number of rotatable bonds is 4. The molecule has 0 aliphatic carbocycles. The van der Waals surface area contributed by atoms with Crippen LogP contribution in [0, 0.1) is 5.82 Å². The van der Waals surface area contributed by atoms with Crippen LogP contribution in [0.5, 0.6) is 0 Å². The highest BCUT2D eigenvalue weighted by Gasteiger charge is 2.21. The maximum absolute atomic E-state index is 13.0. The Kier molecular flexibility index (Phi) is 4.73. The van der Waals surface area contributed by atoms with Gasteiger partial charge in [0.1, 0.15) is 10.7 Å². The van der Waals surface area contributed by atoms with Gasteiger partial charge < -0.3 is 5.73 Å². The van der Waals surface area contributed by atoms with Crippen molar-refractivity contribution in [2.45, 2.75) is 11.4 Å². The first kappa shape index (κ1) is 16.0. The number of nitrogen functional groups attached to an aromatic ring is 1. The van der Waals surface area contributed by atoms with Crippen molar-refractivity contribution >= 4 is 38.9 Å². The highest BCUT2D eigenvalue weighted by molar-refractivity contribution is 7.89. The van der Waals surface area contributed by atoms with Gasteiger partial charge in [-0.1, -0.05) is 35.3 Å². The van der Waals surface area contributed by atoms with Crippen molar-refractivity contribution in [2.24, 2.45) is 0 Å². The Morgan fingerprint density at radius 1 is 1.19 bits per heavy atom. The van der Waals surface area contributed by atoms with Gasteiger partial charge in [0.2, 0.25) is 10.0 Å². The second-order valence-electron chi connectivity index (χ2n) is 4.26. The van der Waals surface area contributed by atoms with Gasteiger partial charge >= 0.3 is 0 Å². The van der Waals surface area contributed by atoms with Crippen molar-refractivity contribution in [3.05, 3.63) is 57.8 Å². The van der Waals surface area contributed by atoms with Gasteiger partial charge in [-0.3, -0.25) is 0 Å². The Bertz CT molecular complexity index is 758. The van der Waals surface area contributed by atoms with Crippen LogP contribution < -0.4 is 10.5 Å². The lowest BCUT2D eigenvalue weighted by molar-refractivity contribution is 0.580. The van der Waals surface area contributed by atoms with Crippen LogP contribution in [0.2, 0.25) is 10.0 Å². The molecule has 0 aliphatic rings. The standard InChI is InChI=1S/C13H11Cl2FN2O2S/c14-9-5-11(15)13(12(17)6-9)21(19,20)18-7-8-2-1-3-10(16)4-8/h1-6,18H,7,17H2. The smallest absolute Gasteiger partial charge is 0.244 e. The van der Waals surface area contributed by atoms with E-state index in [0.717, 1.165) is 0 Å². The van der Waals surface area contributed by atoms with Crippen molar-refractivity contribution in [2.75, 3.05) is 5.73 Å². The molecule has 2 aromatic rings. The van der Waals surface area contributed by atoms with E-state index < -0.39 is 15.8 Å². The SMILES string of the molecule is Nc1cc(Cl)cc(Cl)c1S(=O)(=O)NCc1cccc(F)c1. The molecule has 0 saturated heterocycles. The minimum absolute atomic E-state index is 0.0563. The molecule has 21 heavy (non-hydrogen) atoms. The fourth-order valence-electron chi connectivity index (χ4n) is 1.76. The predicted octanol–water partition coefficient (Wildman–Crippen LogP) is 3.19. The highest BCUT2D eigenvalue weighted by atomic mass is 35.5. The summed E-state index contributed by atoms with van der Waals surface area (Å²) in [5, 5.41) is 0.160. The van der Waals surface area contributed by atoms with Crippen LogP contribution in [0.3, 0.4) is 0 Å². The predicted molar refractivity (Wildman–Crippen MR) is 81.3 cm³/mol. The van der Waals surface area contributed by atoms with E-state index in [9.17, 15) is 12.8 Å². The zero-order valence-corrected chi connectivity index (χ0v) is 12.9. The van der Waals surface area contributed by atoms with Gasteiger partial charge in [-0.2, -0.15) is 0 Å². The van der Waals surface area contributed by atoms with Gasteiger partial charge in [0.25, 0.3) is 0 Å². The van der Waals surface area contributed by atoms with Gasteiger partial charge in [-0.15, -0.1) is 0 Å². The minimum atomic E-state index is -3.94. The molecule has 0 aromatic heterocycles. The molecule has 4 nitrogen and oxygen atoms in total. The number of sulfonamides is 1. The second-order valence-corrected chi connectivity index (χ2v) is 6.81. The lowest BCUT2D eigenvalue weighted by Gasteiger charge is -2.11. The third-order valence-electron chi connectivity index (χ3n) is 2.66. The van der Waals surface area contributed by atoms with E-state index in [0.29, 0.717) is 5.56 Å². The van der Waals surface area contributed by atoms with E-state index in [1.807, 2.05) is 0 Å². The van der Waals surface area contributed by atoms with Crippen LogP contribution in [0.25, 0.3) is 0 Å². The maximum atomic E-state index is 13.0. The third kappa shape index (κ3) is 3.85. The number of hydrogen-bond acceptors (Lipinski definition) is 3. The first-order valence-electron chi connectivity index (χ1n) is 5.78. The van der Waals surface area contributed by atoms with Gasteiger partial charge in [-0.05, 0) is 29.8 Å². The average molecular weight is 349 g/mol. The van der Waals surface area contributed by atoms with Crippen LogP contribution in [0.4, 0.5) is 10.1 Å². The molecule has 0 unspecified atom stereocenters. The highest BCUT2D eigenvalue weighted by Crippen LogP contribution is 2.31. The Balaban J connectivity index is 2.27. The number of nitrogens with one attached hydrogen (secondary N) is 1. The Labute approximate surface area is 131 Å². The van der Waals surface area contributed by atoms with Crippen LogP contribution in [-0.4, -0.2) is 8.42 Å². The second kappa shape index (κ2) is 6.19. The average Bonchev–Trinajstić information content (AvgIpc) is 2.35. The number of halogens is 3. The molecule has 0 heterocycles. The summed E-state index contributed by atoms with van der Waals surface area (Å²) in [6.45, 7) is -0.0848. The summed E-state index contributed by atoms with van der Waals surface area (Å²) in [7, 11) is -3.94. The molecule has 112 valence electrons. The minimum Gasteiger partial charge on any atom is -0.398 e. The summed E-state index contributed by atoms with van der Waals surface area (Å²) in [5.74, 6) is -0.448. The lowest BCUT2D eigenvalue weighted by Crippen LogP contribution is -2.24. The van der Waals surface area contributed by atoms with Crippen molar-refractivity contribution < 1.29 is 12.8 Å². The zero-order chi connectivity index (χ0) is 15.6. The van der Waals surface area contributed by atoms with Crippen molar-refractivity contribution in [1.82, 2.24) is 4.72 Å². The van der Waals surface area contributed by atoms with Gasteiger partial charge in [0.15, 0.2) is 0 Å². The number of nitrogens with two attached hydrogens (primary N) is 1. The molecular formula is C13H11Cl2FN2O2S. The Morgan fingerprint density at radius 2 is 1.90 bits per heavy atom. The normalized spacial score (nSPS) is 11.6. The number of anilines is 1. The molecule has 0 aliphatic heterocycles. The molecule has 2 rings (SSSR count). The summed E-state index contributed by atoms with van der Waals surface area (Å²) >= 11 is 11.6. The van der Waals surface area contributed by atoms with E-state index in [1.54, 1.807) is 6.07 Å². The summed E-state index contributed by atoms with van der Waals surface area (Å²) in [5.41, 5.74) is 6.07. The molecule has 3 N–H and O–H groups in total. The van der Waals surface area contributed by atoms with Crippen molar-refractivity contribution in [1.29, 1.82) is 0 Å². The first-order chi connectivity index (χ1) is 9.79. The van der Waals surface area contributed by atoms with Crippen molar-refractivity contribution in [3.8, 4) is 0 Å². The molecule has 0 fully saturated rings. The monoisotopic (exact) mass is 348 g/mol. The fourth-order valence-corrected chi connectivity index (χ4v) is 3.76. The van der Waals surface area contributed by atoms with E-state index in [2.05, 4.69) is 4.72 Å². The Hall–Kier alpha value is -1.34.